The molecule has 653 valence electrons. The van der Waals surface area contributed by atoms with E-state index in [1.54, 1.807) is 101 Å². The van der Waals surface area contributed by atoms with E-state index >= 15 is 0 Å². The molecule has 7 aromatic heterocycles. The molecule has 0 spiro atoms. The van der Waals surface area contributed by atoms with Crippen LogP contribution in [0.1, 0.15) is 138 Å². The number of nitrogens with zero attached hydrogens (tertiary/aromatic N) is 20. The average Bonchev–Trinajstić information content (AvgIpc) is 1.61. The largest absolute Gasteiger partial charge is 0.398 e. The van der Waals surface area contributed by atoms with Gasteiger partial charge < -0.3 is 76.5 Å². The van der Waals surface area contributed by atoms with Gasteiger partial charge in [-0.1, -0.05) is 102 Å². The molecule has 4 aliphatic rings. The average molecular weight is 1850 g/mol. The Morgan fingerprint density at radius 2 is 0.798 bits per heavy atom. The Hall–Kier alpha value is -14.4. The molecule has 11 heterocycles. The standard InChI is InChI=1S/C22H21ClN4O4S.C12H7ClN4O4.C12H9ClN4O2.C8H2ClNO5.C4H5N3O2.2C4H7N3.C3H3N3O2.C2H5.3CH4.V/c1-22(2,3)13-5-7-14(8-6-13)32(30,31)25-16-10-9-15(23)18-19(16)21(29)27(20(18)28)17-11-26(4)12-24-17;1-15-4-8(14-5-15)16-11(18)9-6(13)2-3-7(17(20)21)10(9)12(16)19;1-16-4-8(15-5-16)17-11(18)9-6(13)2-3-7(14)10(9)12(17)19;9-3-1-2-4(10(13)14)6-5(3)7(11)15-8(6)12;1-6-2-4(5-3-6)7(8)9;2*1-7-2-4(5)6-3-7;7-6(8)3-1-4-2-5-3;1-2;;;;/h5-12,25H,1-4H3;2-5H,1H3;2-5H,14H2,1H3;1-2H;2-3H,1H3;2*2-3H,5H2,1H3;1-2H,(H,4,5);1H2,2H3;3*1H4;/q;;;;;;;;-1;;;;. The van der Waals surface area contributed by atoms with Gasteiger partial charge in [0.1, 0.15) is 35.2 Å². The number of halogens is 4. The van der Waals surface area contributed by atoms with Crippen LogP contribution >= 0.6 is 46.4 Å². The van der Waals surface area contributed by atoms with E-state index < -0.39 is 88.5 Å². The summed E-state index contributed by atoms with van der Waals surface area (Å²) >= 11 is 23.7. The van der Waals surface area contributed by atoms with Crippen molar-refractivity contribution in [3.8, 4) is 0 Å². The summed E-state index contributed by atoms with van der Waals surface area (Å²) in [6.07, 6.45) is 20.9. The van der Waals surface area contributed by atoms with Crippen molar-refractivity contribution in [1.29, 1.82) is 0 Å². The Kier molecular flexibility index (Phi) is 35.1. The zero-order valence-corrected chi connectivity index (χ0v) is 69.8. The van der Waals surface area contributed by atoms with E-state index in [0.29, 0.717) is 11.6 Å². The number of nitrogens with one attached hydrogen (secondary N) is 2. The molecule has 12 aromatic rings. The van der Waals surface area contributed by atoms with Crippen molar-refractivity contribution < 1.29 is 89.8 Å². The number of amides is 6. The number of aromatic amines is 1. The Labute approximate surface area is 737 Å². The van der Waals surface area contributed by atoms with Gasteiger partial charge in [0.2, 0.25) is 6.33 Å². The van der Waals surface area contributed by atoms with E-state index in [2.05, 4.69) is 56.3 Å². The summed E-state index contributed by atoms with van der Waals surface area (Å²) in [5.74, 6) is -4.46. The number of sulfonamides is 1. The molecule has 0 fully saturated rings. The number of hydrogen-bond donors (Lipinski definition) is 5. The van der Waals surface area contributed by atoms with Gasteiger partial charge in [0.25, 0.3) is 56.8 Å². The van der Waals surface area contributed by atoms with Gasteiger partial charge in [-0.05, 0) is 74.3 Å². The number of nitrogens with two attached hydrogens (primary N) is 3. The molecule has 1 radical (unpaired) electrons. The van der Waals surface area contributed by atoms with Crippen molar-refractivity contribution in [2.24, 2.45) is 42.3 Å². The quantitative estimate of drug-likeness (QED) is 0.0161. The Morgan fingerprint density at radius 1 is 0.444 bits per heavy atom. The summed E-state index contributed by atoms with van der Waals surface area (Å²) in [5.41, 5.74) is 15.4. The Morgan fingerprint density at radius 3 is 1.13 bits per heavy atom. The summed E-state index contributed by atoms with van der Waals surface area (Å²) in [6, 6.07) is 16.8. The third kappa shape index (κ3) is 23.2. The minimum Gasteiger partial charge on any atom is -0.398 e. The zero-order valence-electron chi connectivity index (χ0n) is 64.5. The van der Waals surface area contributed by atoms with Crippen LogP contribution in [-0.2, 0) is 81.0 Å². The number of benzene rings is 5. The van der Waals surface area contributed by atoms with Gasteiger partial charge in [-0.15, -0.1) is 0 Å². The fraction of sp³-hybridized carbons (Fsp3) is 0.189. The number of carbonyl (C=O) groups excluding carboxylic acids is 8. The van der Waals surface area contributed by atoms with Crippen LogP contribution in [0.3, 0.4) is 0 Å². The second-order valence-electron chi connectivity index (χ2n) is 25.7. The van der Waals surface area contributed by atoms with Crippen LogP contribution in [0.2, 0.25) is 20.1 Å². The Balaban J connectivity index is 0.000000311. The number of ether oxygens (including phenoxy) is 1. The van der Waals surface area contributed by atoms with Crippen molar-refractivity contribution in [1.82, 2.24) is 67.3 Å². The van der Waals surface area contributed by atoms with Crippen LogP contribution in [0.15, 0.2) is 165 Å². The number of nitro benzene ring substituents is 2. The predicted molar refractivity (Wildman–Crippen MR) is 454 cm³/mol. The molecule has 0 saturated heterocycles. The van der Waals surface area contributed by atoms with E-state index in [4.69, 9.17) is 63.6 Å². The van der Waals surface area contributed by atoms with Crippen LogP contribution in [-0.4, -0.2) is 143 Å². The number of cyclic esters (lactones) is 2. The minimum atomic E-state index is -4.02. The van der Waals surface area contributed by atoms with Gasteiger partial charge in [-0.25, -0.2) is 67.6 Å². The molecular weight excluding hydrogens is 1770 g/mol. The second kappa shape index (κ2) is 42.7. The van der Waals surface area contributed by atoms with Gasteiger partial charge in [0.15, 0.2) is 29.3 Å². The first kappa shape index (κ1) is 102. The van der Waals surface area contributed by atoms with Gasteiger partial charge in [0.05, 0.1) is 100.0 Å². The number of aromatic nitrogens is 14. The van der Waals surface area contributed by atoms with Crippen LogP contribution in [0.5, 0.6) is 0 Å². The number of rotatable bonds is 10. The first-order valence-corrected chi connectivity index (χ1v) is 36.7. The van der Waals surface area contributed by atoms with E-state index in [0.717, 1.165) is 38.6 Å². The number of imidazole rings is 7. The minimum absolute atomic E-state index is 0. The number of H-pyrrole nitrogens is 1. The number of imide groups is 3. The normalized spacial score (nSPS) is 12.1. The third-order valence-corrected chi connectivity index (χ3v) is 18.8. The SMILES string of the molecule is C.C.C.Cn1cnc(N)c1.Cn1cnc(N)c1.Cn1cnc(N2C(=O)c3c(Cl)ccc(NS(=O)(=O)c4ccc(C(C)(C)C)cc4)c3C2=O)c1.Cn1cnc(N2C(=O)c3c(Cl)ccc([N+](=O)[O-])c3C2=O)c1.Cn1cnc(N2C(=O)c3c(N)ccc(Cl)c3C2=O)c1.Cn1cnc([N+](=O)[O-])c1.O=C1OC(=O)c2c([N+](=O)[O-])ccc(Cl)c21.O=[N+]([O-])c1cnc[nH]1.[CH2-]C.[V]. The number of nitro groups is 4. The number of esters is 2. The first-order chi connectivity index (χ1) is 56.4. The van der Waals surface area contributed by atoms with Gasteiger partial charge >= 0.3 is 23.6 Å². The first-order valence-electron chi connectivity index (χ1n) is 33.7. The van der Waals surface area contributed by atoms with Crippen LogP contribution in [0.4, 0.5) is 63.5 Å². The van der Waals surface area contributed by atoms with Crippen LogP contribution in [0, 0.1) is 47.4 Å². The Bertz CT molecular complexity index is 6050. The van der Waals surface area contributed by atoms with E-state index in [1.807, 2.05) is 34.9 Å². The molecule has 0 atom stereocenters. The zero-order chi connectivity index (χ0) is 89.0. The van der Waals surface area contributed by atoms with E-state index in [1.165, 1.54) is 103 Å². The van der Waals surface area contributed by atoms with Crippen molar-refractivity contribution in [3.63, 3.8) is 0 Å². The molecule has 8 N–H and O–H groups in total. The van der Waals surface area contributed by atoms with Crippen molar-refractivity contribution >= 4 is 167 Å². The monoisotopic (exact) mass is 1840 g/mol. The van der Waals surface area contributed by atoms with Crippen molar-refractivity contribution in [2.45, 2.75) is 60.3 Å². The topological polar surface area (TPSA) is 588 Å². The van der Waals surface area contributed by atoms with Crippen LogP contribution in [0.25, 0.3) is 0 Å². The molecule has 0 bridgehead atoms. The number of hydrogen-bond acceptors (Lipinski definition) is 29. The number of anilines is 7. The number of fused-ring (bicyclic) bond motifs is 4. The summed E-state index contributed by atoms with van der Waals surface area (Å²) in [4.78, 5) is 168. The van der Waals surface area contributed by atoms with E-state index in [9.17, 15) is 87.2 Å². The summed E-state index contributed by atoms with van der Waals surface area (Å²) in [6.45, 7) is 11.1. The molecule has 50 heteroatoms. The molecule has 0 unspecified atom stereocenters. The number of aryl methyl sites for hydroxylation is 6. The van der Waals surface area contributed by atoms with Gasteiger partial charge in [-0.3, -0.25) is 53.7 Å². The molecule has 44 nitrogen and oxygen atoms in total. The van der Waals surface area contributed by atoms with Gasteiger partial charge in [0, 0.05) is 110 Å². The summed E-state index contributed by atoms with van der Waals surface area (Å²) in [5, 5.41) is 41.6. The maximum Gasteiger partial charge on any atom is 0.381 e. The molecule has 5 aromatic carbocycles. The number of nitrogen functional groups attached to an aromatic ring is 3. The molecule has 4 aliphatic heterocycles. The van der Waals surface area contributed by atoms with Crippen molar-refractivity contribution in [2.75, 3.05) is 36.6 Å². The fourth-order valence-electron chi connectivity index (χ4n) is 10.7. The molecule has 6 amide bonds. The van der Waals surface area contributed by atoms with Gasteiger partial charge in [-0.2, -0.15) is 6.92 Å². The molecule has 124 heavy (non-hydrogen) atoms. The smallest absolute Gasteiger partial charge is 0.381 e. The second-order valence-corrected chi connectivity index (χ2v) is 29.1. The van der Waals surface area contributed by atoms with Crippen LogP contribution < -0.4 is 36.6 Å². The molecule has 0 saturated carbocycles. The van der Waals surface area contributed by atoms with E-state index in [-0.39, 0.29) is 156 Å². The maximum atomic E-state index is 13.1. The summed E-state index contributed by atoms with van der Waals surface area (Å²) < 4.78 is 42.6. The molecule has 0 aliphatic carbocycles. The third-order valence-electron chi connectivity index (χ3n) is 16.1. The molecular formula is C74H78Cl4N25O19SV-. The maximum absolute atomic E-state index is 13.1. The summed E-state index contributed by atoms with van der Waals surface area (Å²) in [7, 11) is 6.53. The fourth-order valence-corrected chi connectivity index (χ4v) is 12.8. The number of carbonyl (C=O) groups is 8. The molecule has 16 rings (SSSR count). The predicted octanol–water partition coefficient (Wildman–Crippen LogP) is 12.2. The van der Waals surface area contributed by atoms with Crippen molar-refractivity contribution in [3.05, 3.63) is 278 Å².